The highest BCUT2D eigenvalue weighted by atomic mass is 32.2. The summed E-state index contributed by atoms with van der Waals surface area (Å²) in [6, 6.07) is 14.8. The third kappa shape index (κ3) is 3.12. The fraction of sp³-hybridized carbons (Fsp3) is 0.235. The van der Waals surface area contributed by atoms with Gasteiger partial charge in [-0.15, -0.1) is 0 Å². The molecule has 1 atom stereocenters. The number of hydrogen-bond acceptors (Lipinski definition) is 3. The van der Waals surface area contributed by atoms with Crippen LogP contribution in [0.25, 0.3) is 11.0 Å². The van der Waals surface area contributed by atoms with Gasteiger partial charge in [0.05, 0.1) is 11.0 Å². The SMILES string of the molecule is CC[C@H](N)c1ccc(Sc2nc3ccc(C)cc3[nH]2)cc1. The number of benzene rings is 2. The molecular weight excluding hydrogens is 278 g/mol. The standard InChI is InChI=1S/C17H19N3S/c1-3-14(18)12-5-7-13(8-6-12)21-17-19-15-9-4-11(2)10-16(15)20-17/h4-10,14H,3,18H2,1-2H3,(H,19,20)/t14-/m0/s1. The number of aromatic amines is 1. The average molecular weight is 297 g/mol. The number of nitrogens with one attached hydrogen (secondary N) is 1. The minimum atomic E-state index is 0.123. The van der Waals surface area contributed by atoms with Gasteiger partial charge >= 0.3 is 0 Å². The Morgan fingerprint density at radius 2 is 1.95 bits per heavy atom. The Morgan fingerprint density at radius 3 is 2.67 bits per heavy atom. The molecule has 3 aromatic rings. The molecule has 0 bridgehead atoms. The first-order valence-corrected chi connectivity index (χ1v) is 7.97. The van der Waals surface area contributed by atoms with Crippen LogP contribution in [-0.4, -0.2) is 9.97 Å². The number of H-pyrrole nitrogens is 1. The molecule has 0 saturated carbocycles. The summed E-state index contributed by atoms with van der Waals surface area (Å²) in [6.07, 6.45) is 0.954. The third-order valence-corrected chi connectivity index (χ3v) is 4.47. The Bertz CT molecular complexity index is 746. The van der Waals surface area contributed by atoms with Gasteiger partial charge in [0.15, 0.2) is 5.16 Å². The summed E-state index contributed by atoms with van der Waals surface area (Å²) in [6.45, 7) is 4.19. The number of fused-ring (bicyclic) bond motifs is 1. The van der Waals surface area contributed by atoms with Gasteiger partial charge in [-0.3, -0.25) is 0 Å². The lowest BCUT2D eigenvalue weighted by Crippen LogP contribution is -2.07. The first-order chi connectivity index (χ1) is 10.2. The summed E-state index contributed by atoms with van der Waals surface area (Å²) in [5.74, 6) is 0. The van der Waals surface area contributed by atoms with Crippen molar-refractivity contribution in [1.29, 1.82) is 0 Å². The highest BCUT2D eigenvalue weighted by Gasteiger charge is 2.06. The van der Waals surface area contributed by atoms with Gasteiger partial charge < -0.3 is 10.7 Å². The van der Waals surface area contributed by atoms with Crippen LogP contribution in [0.5, 0.6) is 0 Å². The van der Waals surface area contributed by atoms with E-state index in [-0.39, 0.29) is 6.04 Å². The van der Waals surface area contributed by atoms with Crippen molar-refractivity contribution in [3.63, 3.8) is 0 Å². The van der Waals surface area contributed by atoms with Crippen LogP contribution in [0.15, 0.2) is 52.5 Å². The molecule has 1 aromatic heterocycles. The lowest BCUT2D eigenvalue weighted by atomic mass is 10.1. The zero-order chi connectivity index (χ0) is 14.8. The predicted molar refractivity (Wildman–Crippen MR) is 88.6 cm³/mol. The van der Waals surface area contributed by atoms with E-state index in [2.05, 4.69) is 66.3 Å². The van der Waals surface area contributed by atoms with Crippen LogP contribution in [-0.2, 0) is 0 Å². The molecule has 0 saturated heterocycles. The molecule has 0 unspecified atom stereocenters. The second-order valence-corrected chi connectivity index (χ2v) is 6.31. The summed E-state index contributed by atoms with van der Waals surface area (Å²) in [5, 5.41) is 0.920. The maximum atomic E-state index is 6.04. The van der Waals surface area contributed by atoms with Crippen molar-refractivity contribution in [2.75, 3.05) is 0 Å². The van der Waals surface area contributed by atoms with Crippen molar-refractivity contribution in [1.82, 2.24) is 9.97 Å². The van der Waals surface area contributed by atoms with E-state index >= 15 is 0 Å². The molecule has 0 aliphatic carbocycles. The van der Waals surface area contributed by atoms with Crippen LogP contribution in [0.1, 0.15) is 30.5 Å². The van der Waals surface area contributed by atoms with Crippen molar-refractivity contribution in [2.24, 2.45) is 5.73 Å². The Labute approximate surface area is 129 Å². The summed E-state index contributed by atoms with van der Waals surface area (Å²) in [4.78, 5) is 9.13. The van der Waals surface area contributed by atoms with Crippen LogP contribution in [0.3, 0.4) is 0 Å². The van der Waals surface area contributed by atoms with Gasteiger partial charge in [0, 0.05) is 10.9 Å². The number of hydrogen-bond donors (Lipinski definition) is 2. The van der Waals surface area contributed by atoms with Crippen molar-refractivity contribution in [3.8, 4) is 0 Å². The molecule has 108 valence electrons. The van der Waals surface area contributed by atoms with E-state index < -0.39 is 0 Å². The lowest BCUT2D eigenvalue weighted by molar-refractivity contribution is 0.698. The van der Waals surface area contributed by atoms with Gasteiger partial charge in [-0.1, -0.05) is 36.9 Å². The number of aryl methyl sites for hydroxylation is 1. The molecule has 21 heavy (non-hydrogen) atoms. The number of nitrogens with two attached hydrogens (primary N) is 1. The molecule has 0 fully saturated rings. The first kappa shape index (κ1) is 14.2. The highest BCUT2D eigenvalue weighted by molar-refractivity contribution is 7.99. The van der Waals surface area contributed by atoms with Crippen molar-refractivity contribution in [3.05, 3.63) is 53.6 Å². The van der Waals surface area contributed by atoms with E-state index in [9.17, 15) is 0 Å². The predicted octanol–water partition coefficient (Wildman–Crippen LogP) is 4.43. The van der Waals surface area contributed by atoms with Gasteiger partial charge in [0.25, 0.3) is 0 Å². The van der Waals surface area contributed by atoms with Gasteiger partial charge in [0.1, 0.15) is 0 Å². The first-order valence-electron chi connectivity index (χ1n) is 7.15. The van der Waals surface area contributed by atoms with Crippen molar-refractivity contribution >= 4 is 22.8 Å². The zero-order valence-corrected chi connectivity index (χ0v) is 13.1. The fourth-order valence-corrected chi connectivity index (χ4v) is 3.08. The van der Waals surface area contributed by atoms with E-state index in [1.807, 2.05) is 0 Å². The molecule has 3 rings (SSSR count). The molecule has 3 N–H and O–H groups in total. The van der Waals surface area contributed by atoms with Crippen molar-refractivity contribution in [2.45, 2.75) is 36.4 Å². The molecule has 1 heterocycles. The smallest absolute Gasteiger partial charge is 0.171 e. The summed E-state index contributed by atoms with van der Waals surface area (Å²) >= 11 is 1.64. The topological polar surface area (TPSA) is 54.7 Å². The number of aromatic nitrogens is 2. The van der Waals surface area contributed by atoms with Gasteiger partial charge in [-0.2, -0.15) is 0 Å². The Morgan fingerprint density at radius 1 is 1.19 bits per heavy atom. The molecule has 4 heteroatoms. The Hall–Kier alpha value is -1.78. The minimum Gasteiger partial charge on any atom is -0.333 e. The average Bonchev–Trinajstić information content (AvgIpc) is 2.88. The van der Waals surface area contributed by atoms with E-state index in [4.69, 9.17) is 5.73 Å². The number of rotatable bonds is 4. The van der Waals surface area contributed by atoms with Gasteiger partial charge in [-0.25, -0.2) is 4.98 Å². The summed E-state index contributed by atoms with van der Waals surface area (Å²) < 4.78 is 0. The maximum Gasteiger partial charge on any atom is 0.171 e. The largest absolute Gasteiger partial charge is 0.333 e. The monoisotopic (exact) mass is 297 g/mol. The quantitative estimate of drug-likeness (QED) is 0.749. The maximum absolute atomic E-state index is 6.04. The molecule has 3 nitrogen and oxygen atoms in total. The molecule has 0 aliphatic heterocycles. The molecule has 0 spiro atoms. The molecular formula is C17H19N3S. The van der Waals surface area contributed by atoms with Crippen molar-refractivity contribution < 1.29 is 0 Å². The van der Waals surface area contributed by atoms with E-state index in [0.717, 1.165) is 27.5 Å². The minimum absolute atomic E-state index is 0.123. The lowest BCUT2D eigenvalue weighted by Gasteiger charge is -2.09. The zero-order valence-electron chi connectivity index (χ0n) is 12.3. The van der Waals surface area contributed by atoms with Gasteiger partial charge in [-0.05, 0) is 48.7 Å². The molecule has 0 radical (unpaired) electrons. The second-order valence-electron chi connectivity index (χ2n) is 5.25. The van der Waals surface area contributed by atoms with Gasteiger partial charge in [0.2, 0.25) is 0 Å². The Balaban J connectivity index is 1.81. The number of nitrogens with zero attached hydrogens (tertiary/aromatic N) is 1. The van der Waals surface area contributed by atoms with Crippen LogP contribution < -0.4 is 5.73 Å². The number of imidazole rings is 1. The summed E-state index contributed by atoms with van der Waals surface area (Å²) in [7, 11) is 0. The third-order valence-electron chi connectivity index (χ3n) is 3.58. The molecule has 0 amide bonds. The molecule has 2 aromatic carbocycles. The van der Waals surface area contributed by atoms with Crippen LogP contribution in [0.2, 0.25) is 0 Å². The Kier molecular flexibility index (Phi) is 3.99. The summed E-state index contributed by atoms with van der Waals surface area (Å²) in [5.41, 5.74) is 10.5. The van der Waals surface area contributed by atoms with E-state index in [1.54, 1.807) is 11.8 Å². The highest BCUT2D eigenvalue weighted by Crippen LogP contribution is 2.28. The van der Waals surface area contributed by atoms with E-state index in [0.29, 0.717) is 0 Å². The fourth-order valence-electron chi connectivity index (χ4n) is 2.28. The second kappa shape index (κ2) is 5.92. The molecule has 0 aliphatic rings. The van der Waals surface area contributed by atoms with E-state index in [1.165, 1.54) is 11.1 Å². The van der Waals surface area contributed by atoms with Crippen LogP contribution in [0, 0.1) is 6.92 Å². The van der Waals surface area contributed by atoms with Crippen LogP contribution in [0.4, 0.5) is 0 Å². The normalized spacial score (nSPS) is 12.7. The van der Waals surface area contributed by atoms with Crippen LogP contribution >= 0.6 is 11.8 Å².